The highest BCUT2D eigenvalue weighted by atomic mass is 15.4. The smallest absolute Gasteiger partial charge is 0.171 e. The van der Waals surface area contributed by atoms with Crippen LogP contribution in [-0.4, -0.2) is 23.2 Å². The van der Waals surface area contributed by atoms with Crippen LogP contribution in [0.5, 0.6) is 0 Å². The van der Waals surface area contributed by atoms with E-state index in [0.29, 0.717) is 13.2 Å². The number of anilines is 3. The molecule has 0 atom stereocenters. The van der Waals surface area contributed by atoms with E-state index in [1.165, 1.54) is 6.33 Å². The minimum atomic E-state index is 0.679. The van der Waals surface area contributed by atoms with Gasteiger partial charge in [0, 0.05) is 6.54 Å². The van der Waals surface area contributed by atoms with Crippen molar-refractivity contribution in [2.75, 3.05) is 28.9 Å². The molecule has 1 aromatic heterocycles. The molecule has 6 nitrogen and oxygen atoms in total. The van der Waals surface area contributed by atoms with Gasteiger partial charge in [0.25, 0.3) is 0 Å². The summed E-state index contributed by atoms with van der Waals surface area (Å²) < 4.78 is 0. The fourth-order valence-electron chi connectivity index (χ4n) is 1.26. The molecule has 1 aliphatic rings. The van der Waals surface area contributed by atoms with Gasteiger partial charge in [-0.25, -0.2) is 15.8 Å². The topological polar surface area (TPSA) is 79.1 Å². The third-order valence-electron chi connectivity index (χ3n) is 1.96. The van der Waals surface area contributed by atoms with E-state index in [1.807, 2.05) is 6.92 Å². The van der Waals surface area contributed by atoms with Crippen LogP contribution in [0.15, 0.2) is 6.33 Å². The summed E-state index contributed by atoms with van der Waals surface area (Å²) in [5.41, 5.74) is 0.881. The molecule has 4 N–H and O–H groups in total. The summed E-state index contributed by atoms with van der Waals surface area (Å²) in [6.07, 6.45) is 1.50. The molecule has 2 heterocycles. The Morgan fingerprint density at radius 2 is 2.38 bits per heavy atom. The van der Waals surface area contributed by atoms with Crippen molar-refractivity contribution < 1.29 is 0 Å². The van der Waals surface area contributed by atoms with Crippen molar-refractivity contribution in [3.63, 3.8) is 0 Å². The van der Waals surface area contributed by atoms with Crippen LogP contribution < -0.4 is 21.5 Å². The summed E-state index contributed by atoms with van der Waals surface area (Å²) in [4.78, 5) is 8.18. The Hall–Kier alpha value is -1.56. The number of nitrogens with one attached hydrogen (secondary N) is 2. The second-order valence-electron chi connectivity index (χ2n) is 2.74. The monoisotopic (exact) mass is 180 g/mol. The molecule has 6 heteroatoms. The minimum Gasteiger partial charge on any atom is -0.362 e. The number of nitrogens with two attached hydrogens (primary N) is 1. The highest BCUT2D eigenvalue weighted by molar-refractivity contribution is 5.80. The lowest BCUT2D eigenvalue weighted by molar-refractivity contribution is 0.866. The van der Waals surface area contributed by atoms with Gasteiger partial charge in [0.2, 0.25) is 0 Å². The van der Waals surface area contributed by atoms with E-state index in [2.05, 4.69) is 20.6 Å². The Morgan fingerprint density at radius 3 is 3.15 bits per heavy atom. The maximum atomic E-state index is 5.74. The Kier molecular flexibility index (Phi) is 1.90. The molecule has 0 bridgehead atoms. The highest BCUT2D eigenvalue weighted by Gasteiger charge is 2.17. The van der Waals surface area contributed by atoms with Crippen molar-refractivity contribution in [2.24, 2.45) is 5.84 Å². The van der Waals surface area contributed by atoms with Crippen LogP contribution in [0, 0.1) is 0 Å². The summed E-state index contributed by atoms with van der Waals surface area (Å²) in [6, 6.07) is 0. The Bertz CT molecular complexity index is 312. The van der Waals surface area contributed by atoms with Crippen molar-refractivity contribution >= 4 is 17.3 Å². The number of rotatable bonds is 2. The highest BCUT2D eigenvalue weighted by Crippen LogP contribution is 2.30. The van der Waals surface area contributed by atoms with E-state index in [9.17, 15) is 0 Å². The van der Waals surface area contributed by atoms with E-state index in [4.69, 9.17) is 5.84 Å². The predicted molar refractivity (Wildman–Crippen MR) is 51.4 cm³/mol. The van der Waals surface area contributed by atoms with Gasteiger partial charge >= 0.3 is 0 Å². The number of nitrogens with zero attached hydrogens (tertiary/aromatic N) is 3. The van der Waals surface area contributed by atoms with Gasteiger partial charge in [0.05, 0.1) is 6.67 Å². The summed E-state index contributed by atoms with van der Waals surface area (Å²) in [5.74, 6) is 7.29. The molecular weight excluding hydrogens is 168 g/mol. The maximum Gasteiger partial charge on any atom is 0.171 e. The van der Waals surface area contributed by atoms with Crippen LogP contribution in [0.4, 0.5) is 17.3 Å². The summed E-state index contributed by atoms with van der Waals surface area (Å²) >= 11 is 0. The van der Waals surface area contributed by atoms with E-state index in [0.717, 1.165) is 17.3 Å². The standard InChI is InChI=1S/C7H12N6/c1-2-13(8)7-5-6(10-3-9-5)11-4-12-7/h4,9H,2-3,8H2,1H3,(H,10,11,12). The molecule has 2 rings (SSSR count). The summed E-state index contributed by atoms with van der Waals surface area (Å²) in [7, 11) is 0. The minimum absolute atomic E-state index is 0.679. The van der Waals surface area contributed by atoms with Crippen molar-refractivity contribution in [2.45, 2.75) is 6.92 Å². The number of hydrogen-bond acceptors (Lipinski definition) is 6. The van der Waals surface area contributed by atoms with Crippen molar-refractivity contribution in [1.82, 2.24) is 9.97 Å². The van der Waals surface area contributed by atoms with Gasteiger partial charge in [0.1, 0.15) is 12.0 Å². The van der Waals surface area contributed by atoms with E-state index < -0.39 is 0 Å². The summed E-state index contributed by atoms with van der Waals surface area (Å²) in [5, 5.41) is 7.79. The largest absolute Gasteiger partial charge is 0.362 e. The molecule has 0 unspecified atom stereocenters. The third kappa shape index (κ3) is 1.25. The van der Waals surface area contributed by atoms with Gasteiger partial charge in [-0.3, -0.25) is 5.01 Å². The van der Waals surface area contributed by atoms with Gasteiger partial charge in [-0.2, -0.15) is 0 Å². The summed E-state index contributed by atoms with van der Waals surface area (Å²) in [6.45, 7) is 3.36. The fraction of sp³-hybridized carbons (Fsp3) is 0.429. The molecular formula is C7H12N6. The van der Waals surface area contributed by atoms with E-state index >= 15 is 0 Å². The normalized spacial score (nSPS) is 13.1. The fourth-order valence-corrected chi connectivity index (χ4v) is 1.26. The molecule has 0 aromatic carbocycles. The molecule has 13 heavy (non-hydrogen) atoms. The van der Waals surface area contributed by atoms with Crippen LogP contribution in [0.2, 0.25) is 0 Å². The first-order chi connectivity index (χ1) is 6.33. The number of aromatic nitrogens is 2. The quantitative estimate of drug-likeness (QED) is 0.438. The maximum absolute atomic E-state index is 5.74. The zero-order valence-electron chi connectivity index (χ0n) is 7.41. The predicted octanol–water partition coefficient (Wildman–Crippen LogP) is -0.0285. The van der Waals surface area contributed by atoms with Crippen molar-refractivity contribution in [3.8, 4) is 0 Å². The number of hydrazine groups is 1. The van der Waals surface area contributed by atoms with Crippen molar-refractivity contribution in [1.29, 1.82) is 0 Å². The van der Waals surface area contributed by atoms with Gasteiger partial charge < -0.3 is 10.6 Å². The lowest BCUT2D eigenvalue weighted by Crippen LogP contribution is -2.31. The zero-order chi connectivity index (χ0) is 9.26. The molecule has 0 spiro atoms. The van der Waals surface area contributed by atoms with Crippen LogP contribution in [0.3, 0.4) is 0 Å². The Labute approximate surface area is 76.1 Å². The Balaban J connectivity index is 2.41. The van der Waals surface area contributed by atoms with E-state index in [-0.39, 0.29) is 0 Å². The number of fused-ring (bicyclic) bond motifs is 1. The average molecular weight is 180 g/mol. The second kappa shape index (κ2) is 3.06. The Morgan fingerprint density at radius 1 is 1.54 bits per heavy atom. The van der Waals surface area contributed by atoms with Gasteiger partial charge in [-0.15, -0.1) is 0 Å². The first-order valence-electron chi connectivity index (χ1n) is 4.18. The van der Waals surface area contributed by atoms with Gasteiger partial charge in [0.15, 0.2) is 11.6 Å². The molecule has 0 fully saturated rings. The van der Waals surface area contributed by atoms with E-state index in [1.54, 1.807) is 5.01 Å². The first kappa shape index (κ1) is 8.06. The lowest BCUT2D eigenvalue weighted by atomic mass is 10.4. The van der Waals surface area contributed by atoms with Crippen LogP contribution in [-0.2, 0) is 0 Å². The average Bonchev–Trinajstić information content (AvgIpc) is 2.63. The molecule has 0 radical (unpaired) electrons. The van der Waals surface area contributed by atoms with Crippen LogP contribution >= 0.6 is 0 Å². The number of hydrogen-bond donors (Lipinski definition) is 3. The first-order valence-corrected chi connectivity index (χ1v) is 4.18. The molecule has 1 aromatic rings. The molecule has 0 amide bonds. The zero-order valence-corrected chi connectivity index (χ0v) is 7.41. The molecule has 0 saturated carbocycles. The van der Waals surface area contributed by atoms with Gasteiger partial charge in [-0.05, 0) is 6.92 Å². The molecule has 70 valence electrons. The van der Waals surface area contributed by atoms with Crippen LogP contribution in [0.25, 0.3) is 0 Å². The van der Waals surface area contributed by atoms with Gasteiger partial charge in [-0.1, -0.05) is 0 Å². The molecule has 1 aliphatic heterocycles. The molecule has 0 aliphatic carbocycles. The van der Waals surface area contributed by atoms with Crippen molar-refractivity contribution in [3.05, 3.63) is 6.33 Å². The lowest BCUT2D eigenvalue weighted by Gasteiger charge is -2.16. The second-order valence-corrected chi connectivity index (χ2v) is 2.74. The molecule has 0 saturated heterocycles. The third-order valence-corrected chi connectivity index (χ3v) is 1.96. The van der Waals surface area contributed by atoms with Crippen LogP contribution in [0.1, 0.15) is 6.92 Å². The SMILES string of the molecule is CCN(N)c1ncnc2c1NCN2.